The number of hydrogen-bond donors (Lipinski definition) is 1. The van der Waals surface area contributed by atoms with Gasteiger partial charge in [-0.1, -0.05) is 0 Å². The Kier molecular flexibility index (Phi) is 2.76. The molecule has 5 atom stereocenters. The summed E-state index contributed by atoms with van der Waals surface area (Å²) >= 11 is 0. The third-order valence-electron chi connectivity index (χ3n) is 4.61. The highest BCUT2D eigenvalue weighted by molar-refractivity contribution is 5.81. The summed E-state index contributed by atoms with van der Waals surface area (Å²) in [4.78, 5) is 14.1. The van der Waals surface area contributed by atoms with Gasteiger partial charge < -0.3 is 23.8 Å². The number of fused-ring (bicyclic) bond motifs is 6. The molecule has 4 heterocycles. The van der Waals surface area contributed by atoms with Crippen molar-refractivity contribution in [2.45, 2.75) is 69.8 Å². The van der Waals surface area contributed by atoms with E-state index in [0.717, 1.165) is 0 Å². The van der Waals surface area contributed by atoms with E-state index in [9.17, 15) is 4.79 Å². The van der Waals surface area contributed by atoms with Gasteiger partial charge in [0.1, 0.15) is 24.5 Å². The molecule has 7 heteroatoms. The zero-order valence-electron chi connectivity index (χ0n) is 12.8. The van der Waals surface area contributed by atoms with Crippen LogP contribution in [-0.4, -0.2) is 66.1 Å². The summed E-state index contributed by atoms with van der Waals surface area (Å²) < 4.78 is 24.0. The van der Waals surface area contributed by atoms with Crippen molar-refractivity contribution in [2.24, 2.45) is 0 Å². The van der Waals surface area contributed by atoms with Crippen LogP contribution in [0, 0.1) is 0 Å². The van der Waals surface area contributed by atoms with E-state index in [1.807, 2.05) is 32.6 Å². The van der Waals surface area contributed by atoms with Crippen molar-refractivity contribution >= 4 is 5.91 Å². The van der Waals surface area contributed by atoms with Gasteiger partial charge in [-0.05, 0) is 27.7 Å². The Hall–Kier alpha value is -0.730. The second kappa shape index (κ2) is 4.17. The van der Waals surface area contributed by atoms with Gasteiger partial charge in [0.15, 0.2) is 11.6 Å². The smallest absolute Gasteiger partial charge is 0.238 e. The minimum Gasteiger partial charge on any atom is -0.348 e. The van der Waals surface area contributed by atoms with Gasteiger partial charge in [0.2, 0.25) is 5.91 Å². The van der Waals surface area contributed by atoms with E-state index in [1.165, 1.54) is 0 Å². The first-order chi connectivity index (χ1) is 9.77. The monoisotopic (exact) mass is 298 g/mol. The van der Waals surface area contributed by atoms with Gasteiger partial charge in [0, 0.05) is 0 Å². The zero-order chi connectivity index (χ0) is 15.0. The third-order valence-corrected chi connectivity index (χ3v) is 4.61. The van der Waals surface area contributed by atoms with Crippen LogP contribution >= 0.6 is 0 Å². The van der Waals surface area contributed by atoms with Crippen molar-refractivity contribution in [3.05, 3.63) is 0 Å². The lowest BCUT2D eigenvalue weighted by Crippen LogP contribution is -2.71. The van der Waals surface area contributed by atoms with Gasteiger partial charge in [0.05, 0.1) is 19.2 Å². The van der Waals surface area contributed by atoms with E-state index in [1.54, 1.807) is 0 Å². The maximum absolute atomic E-state index is 12.2. The van der Waals surface area contributed by atoms with Gasteiger partial charge in [-0.2, -0.15) is 0 Å². The van der Waals surface area contributed by atoms with Gasteiger partial charge in [-0.25, -0.2) is 0 Å². The highest BCUT2D eigenvalue weighted by Crippen LogP contribution is 2.43. The quantitative estimate of drug-likeness (QED) is 0.668. The molecule has 1 N–H and O–H groups in total. The first-order valence-electron chi connectivity index (χ1n) is 7.49. The minimum absolute atomic E-state index is 0.0636. The molecule has 0 unspecified atom stereocenters. The lowest BCUT2D eigenvalue weighted by atomic mass is 9.91. The van der Waals surface area contributed by atoms with Crippen LogP contribution in [0.15, 0.2) is 0 Å². The minimum atomic E-state index is -0.676. The first kappa shape index (κ1) is 13.9. The number of hydrogen-bond acceptors (Lipinski definition) is 6. The van der Waals surface area contributed by atoms with Gasteiger partial charge in [-0.15, -0.1) is 0 Å². The van der Waals surface area contributed by atoms with Crippen LogP contribution in [0.3, 0.4) is 0 Å². The van der Waals surface area contributed by atoms with E-state index in [4.69, 9.17) is 18.9 Å². The van der Waals surface area contributed by atoms with Crippen LogP contribution in [0.1, 0.15) is 27.7 Å². The molecule has 4 fully saturated rings. The fraction of sp³-hybridized carbons (Fsp3) is 0.929. The number of rotatable bonds is 0. The average Bonchev–Trinajstić information content (AvgIpc) is 2.89. The third kappa shape index (κ3) is 2.03. The Balaban J connectivity index is 1.71. The lowest BCUT2D eigenvalue weighted by molar-refractivity contribution is -0.321. The maximum atomic E-state index is 12.2. The zero-order valence-corrected chi connectivity index (χ0v) is 12.8. The summed E-state index contributed by atoms with van der Waals surface area (Å²) in [7, 11) is 0. The van der Waals surface area contributed by atoms with Crippen LogP contribution in [0.5, 0.6) is 0 Å². The Morgan fingerprint density at radius 1 is 1.05 bits per heavy atom. The standard InChI is InChI=1S/C14H22N2O5/c1-13(2)18-6-7-9(19-13)10-11(21-14(3,4)20-10)12-15-5-8(17)16(7)12/h7,9-12,15H,5-6H2,1-4H3/t7-,9-,10+,11+,12+/m1/s1. The summed E-state index contributed by atoms with van der Waals surface area (Å²) in [6.07, 6.45) is -0.825. The van der Waals surface area contributed by atoms with Crippen LogP contribution in [-0.2, 0) is 23.7 Å². The number of carbonyl (C=O) groups excluding carboxylic acids is 1. The van der Waals surface area contributed by atoms with E-state index in [0.29, 0.717) is 13.2 Å². The molecule has 1 amide bonds. The lowest BCUT2D eigenvalue weighted by Gasteiger charge is -2.52. The number of nitrogens with zero attached hydrogens (tertiary/aromatic N) is 1. The van der Waals surface area contributed by atoms with Gasteiger partial charge >= 0.3 is 0 Å². The van der Waals surface area contributed by atoms with Gasteiger partial charge in [0.25, 0.3) is 0 Å². The number of ether oxygens (including phenoxy) is 4. The molecule has 4 saturated heterocycles. The molecule has 4 aliphatic rings. The molecule has 0 aromatic carbocycles. The molecule has 0 aromatic rings. The molecule has 7 nitrogen and oxygen atoms in total. The molecule has 0 radical (unpaired) electrons. The molecule has 118 valence electrons. The summed E-state index contributed by atoms with van der Waals surface area (Å²) in [5.41, 5.74) is 0. The van der Waals surface area contributed by atoms with Crippen molar-refractivity contribution in [1.82, 2.24) is 10.2 Å². The SMILES string of the molecule is CC1(C)OC[C@@H]2[C@@H](O1)[C@@H]1OC(C)(C)O[C@@H]1[C@H]1NCC(=O)N21. The summed E-state index contributed by atoms with van der Waals surface area (Å²) in [6, 6.07) is -0.135. The normalized spacial score (nSPS) is 47.0. The van der Waals surface area contributed by atoms with Crippen LogP contribution < -0.4 is 5.32 Å². The Morgan fingerprint density at radius 2 is 1.71 bits per heavy atom. The topological polar surface area (TPSA) is 69.3 Å². The molecule has 0 bridgehead atoms. The predicted octanol–water partition coefficient (Wildman–Crippen LogP) is -0.202. The van der Waals surface area contributed by atoms with E-state index in [-0.39, 0.29) is 36.4 Å². The van der Waals surface area contributed by atoms with Crippen molar-refractivity contribution < 1.29 is 23.7 Å². The van der Waals surface area contributed by atoms with Crippen molar-refractivity contribution in [3.63, 3.8) is 0 Å². The Morgan fingerprint density at radius 3 is 2.48 bits per heavy atom. The fourth-order valence-corrected chi connectivity index (χ4v) is 3.86. The van der Waals surface area contributed by atoms with Crippen molar-refractivity contribution in [2.75, 3.05) is 13.2 Å². The number of carbonyl (C=O) groups is 1. The summed E-state index contributed by atoms with van der Waals surface area (Å²) in [5, 5.41) is 3.23. The van der Waals surface area contributed by atoms with E-state index >= 15 is 0 Å². The number of nitrogens with one attached hydrogen (secondary N) is 1. The highest BCUT2D eigenvalue weighted by Gasteiger charge is 2.62. The Labute approximate surface area is 123 Å². The van der Waals surface area contributed by atoms with Crippen molar-refractivity contribution in [1.29, 1.82) is 0 Å². The van der Waals surface area contributed by atoms with Crippen molar-refractivity contribution in [3.8, 4) is 0 Å². The second-order valence-corrected chi connectivity index (χ2v) is 7.05. The van der Waals surface area contributed by atoms with Crippen LogP contribution in [0.25, 0.3) is 0 Å². The molecule has 4 aliphatic heterocycles. The molecule has 0 spiro atoms. The molecule has 0 aliphatic carbocycles. The number of piperidine rings is 1. The summed E-state index contributed by atoms with van der Waals surface area (Å²) in [5.74, 6) is -1.28. The number of amides is 1. The molecular weight excluding hydrogens is 276 g/mol. The fourth-order valence-electron chi connectivity index (χ4n) is 3.86. The average molecular weight is 298 g/mol. The largest absolute Gasteiger partial charge is 0.348 e. The second-order valence-electron chi connectivity index (χ2n) is 7.05. The van der Waals surface area contributed by atoms with E-state index in [2.05, 4.69) is 5.32 Å². The van der Waals surface area contributed by atoms with Gasteiger partial charge in [-0.3, -0.25) is 10.1 Å². The summed E-state index contributed by atoms with van der Waals surface area (Å²) in [6.45, 7) is 8.33. The molecule has 21 heavy (non-hydrogen) atoms. The first-order valence-corrected chi connectivity index (χ1v) is 7.49. The van der Waals surface area contributed by atoms with Crippen LogP contribution in [0.2, 0.25) is 0 Å². The molecule has 0 aromatic heterocycles. The van der Waals surface area contributed by atoms with E-state index < -0.39 is 11.6 Å². The highest BCUT2D eigenvalue weighted by atomic mass is 16.8. The Bertz CT molecular complexity index is 480. The molecular formula is C14H22N2O5. The maximum Gasteiger partial charge on any atom is 0.238 e. The molecule has 4 rings (SSSR count). The predicted molar refractivity (Wildman–Crippen MR) is 71.2 cm³/mol. The molecule has 0 saturated carbocycles. The van der Waals surface area contributed by atoms with Crippen LogP contribution in [0.4, 0.5) is 0 Å².